The topological polar surface area (TPSA) is 71.5 Å². The number of nitrogens with zero attached hydrogens (tertiary/aromatic N) is 1. The maximum absolute atomic E-state index is 12.8. The van der Waals surface area contributed by atoms with Gasteiger partial charge in [0.25, 0.3) is 5.91 Å². The van der Waals surface area contributed by atoms with Crippen LogP contribution in [0.4, 0.5) is 4.39 Å². The van der Waals surface area contributed by atoms with Gasteiger partial charge in [0.15, 0.2) is 0 Å². The van der Waals surface area contributed by atoms with Crippen molar-refractivity contribution in [1.82, 2.24) is 10.3 Å². The number of aromatic nitrogens is 1. The predicted molar refractivity (Wildman–Crippen MR) is 79.1 cm³/mol. The van der Waals surface area contributed by atoms with Crippen molar-refractivity contribution >= 4 is 5.91 Å². The lowest BCUT2D eigenvalue weighted by atomic mass is 10.1. The molecule has 0 bridgehead atoms. The zero-order valence-corrected chi connectivity index (χ0v) is 12.1. The number of carbonyl (C=O) groups excluding carboxylic acids is 1. The standard InChI is InChI=1S/C16H17FN2O3/c1-2-22-15-8-5-12(9-18-15)16(21)19-10-14(20)11-3-6-13(17)7-4-11/h3-9,14,20H,2,10H2,1H3,(H,19,21)/t14-/m0/s1. The Hall–Kier alpha value is -2.47. The third-order valence-electron chi connectivity index (χ3n) is 3.00. The van der Waals surface area contributed by atoms with Gasteiger partial charge in [0.05, 0.1) is 18.3 Å². The minimum absolute atomic E-state index is 0.0255. The highest BCUT2D eigenvalue weighted by molar-refractivity contribution is 5.93. The van der Waals surface area contributed by atoms with E-state index >= 15 is 0 Å². The minimum atomic E-state index is -0.903. The molecule has 0 saturated heterocycles. The fourth-order valence-corrected chi connectivity index (χ4v) is 1.84. The van der Waals surface area contributed by atoms with E-state index in [0.29, 0.717) is 23.6 Å². The Bertz CT molecular complexity index is 614. The van der Waals surface area contributed by atoms with Crippen LogP contribution in [-0.4, -0.2) is 29.1 Å². The summed E-state index contributed by atoms with van der Waals surface area (Å²) in [4.78, 5) is 15.9. The van der Waals surface area contributed by atoms with Gasteiger partial charge in [-0.25, -0.2) is 9.37 Å². The highest BCUT2D eigenvalue weighted by Crippen LogP contribution is 2.13. The molecule has 1 amide bonds. The average molecular weight is 304 g/mol. The number of carbonyl (C=O) groups is 1. The van der Waals surface area contributed by atoms with Gasteiger partial charge in [-0.05, 0) is 30.7 Å². The molecule has 5 nitrogen and oxygen atoms in total. The van der Waals surface area contributed by atoms with Crippen LogP contribution in [0, 0.1) is 5.82 Å². The molecule has 0 spiro atoms. The maximum atomic E-state index is 12.8. The molecule has 1 aromatic carbocycles. The Balaban J connectivity index is 1.90. The predicted octanol–water partition coefficient (Wildman–Crippen LogP) is 2.08. The number of rotatable bonds is 6. The second kappa shape index (κ2) is 7.51. The van der Waals surface area contributed by atoms with E-state index in [1.54, 1.807) is 12.1 Å². The summed E-state index contributed by atoms with van der Waals surface area (Å²) in [6.45, 7) is 2.37. The summed E-state index contributed by atoms with van der Waals surface area (Å²) in [7, 11) is 0. The van der Waals surface area contributed by atoms with E-state index in [1.165, 1.54) is 30.5 Å². The first-order chi connectivity index (χ1) is 10.6. The molecule has 0 radical (unpaired) electrons. The Morgan fingerprint density at radius 1 is 1.32 bits per heavy atom. The number of aliphatic hydroxyl groups is 1. The molecular formula is C16H17FN2O3. The summed E-state index contributed by atoms with van der Waals surface area (Å²) >= 11 is 0. The summed E-state index contributed by atoms with van der Waals surface area (Å²) in [5.74, 6) is -0.275. The zero-order chi connectivity index (χ0) is 15.9. The molecule has 116 valence electrons. The Kier molecular flexibility index (Phi) is 5.43. The molecule has 1 heterocycles. The summed E-state index contributed by atoms with van der Waals surface area (Å²) in [5, 5.41) is 12.5. The highest BCUT2D eigenvalue weighted by Gasteiger charge is 2.11. The Morgan fingerprint density at radius 2 is 2.05 bits per heavy atom. The number of hydrogen-bond acceptors (Lipinski definition) is 4. The van der Waals surface area contributed by atoms with Crippen LogP contribution in [0.3, 0.4) is 0 Å². The second-order valence-corrected chi connectivity index (χ2v) is 4.60. The Morgan fingerprint density at radius 3 is 2.64 bits per heavy atom. The van der Waals surface area contributed by atoms with E-state index in [4.69, 9.17) is 4.74 Å². The van der Waals surface area contributed by atoms with Gasteiger partial charge >= 0.3 is 0 Å². The van der Waals surface area contributed by atoms with Crippen LogP contribution >= 0.6 is 0 Å². The van der Waals surface area contributed by atoms with E-state index in [1.807, 2.05) is 6.92 Å². The highest BCUT2D eigenvalue weighted by atomic mass is 19.1. The SMILES string of the molecule is CCOc1ccc(C(=O)NC[C@H](O)c2ccc(F)cc2)cn1. The number of hydrogen-bond donors (Lipinski definition) is 2. The van der Waals surface area contributed by atoms with Crippen LogP contribution in [0.15, 0.2) is 42.6 Å². The first kappa shape index (κ1) is 15.9. The number of nitrogens with one attached hydrogen (secondary N) is 1. The van der Waals surface area contributed by atoms with Crippen molar-refractivity contribution in [2.75, 3.05) is 13.2 Å². The van der Waals surface area contributed by atoms with Gasteiger partial charge in [-0.3, -0.25) is 4.79 Å². The second-order valence-electron chi connectivity index (χ2n) is 4.60. The molecule has 2 aromatic rings. The fourth-order valence-electron chi connectivity index (χ4n) is 1.84. The van der Waals surface area contributed by atoms with Crippen LogP contribution < -0.4 is 10.1 Å². The van der Waals surface area contributed by atoms with Gasteiger partial charge in [-0.15, -0.1) is 0 Å². The van der Waals surface area contributed by atoms with Crippen LogP contribution in [0.25, 0.3) is 0 Å². The largest absolute Gasteiger partial charge is 0.478 e. The molecule has 22 heavy (non-hydrogen) atoms. The van der Waals surface area contributed by atoms with Crippen molar-refractivity contribution in [2.24, 2.45) is 0 Å². The summed E-state index contributed by atoms with van der Waals surface area (Å²) in [6, 6.07) is 8.68. The van der Waals surface area contributed by atoms with Crippen molar-refractivity contribution in [3.63, 3.8) is 0 Å². The maximum Gasteiger partial charge on any atom is 0.252 e. The van der Waals surface area contributed by atoms with Crippen molar-refractivity contribution in [3.8, 4) is 5.88 Å². The van der Waals surface area contributed by atoms with Gasteiger partial charge in [-0.1, -0.05) is 12.1 Å². The lowest BCUT2D eigenvalue weighted by Crippen LogP contribution is -2.28. The molecule has 0 fully saturated rings. The van der Waals surface area contributed by atoms with Crippen LogP contribution in [-0.2, 0) is 0 Å². The Labute approximate surface area is 127 Å². The first-order valence-electron chi connectivity index (χ1n) is 6.90. The molecule has 0 aliphatic heterocycles. The van der Waals surface area contributed by atoms with Gasteiger partial charge in [0, 0.05) is 18.8 Å². The minimum Gasteiger partial charge on any atom is -0.478 e. The summed E-state index contributed by atoms with van der Waals surface area (Å²) in [5.41, 5.74) is 0.904. The molecular weight excluding hydrogens is 287 g/mol. The molecule has 6 heteroatoms. The molecule has 1 aromatic heterocycles. The lowest BCUT2D eigenvalue weighted by molar-refractivity contribution is 0.0916. The zero-order valence-electron chi connectivity index (χ0n) is 12.1. The molecule has 2 rings (SSSR count). The van der Waals surface area contributed by atoms with E-state index in [9.17, 15) is 14.3 Å². The van der Waals surface area contributed by atoms with Crippen LogP contribution in [0.2, 0.25) is 0 Å². The quantitative estimate of drug-likeness (QED) is 0.857. The van der Waals surface area contributed by atoms with E-state index in [-0.39, 0.29) is 18.3 Å². The summed E-state index contributed by atoms with van der Waals surface area (Å²) < 4.78 is 18.0. The van der Waals surface area contributed by atoms with Gasteiger partial charge < -0.3 is 15.2 Å². The number of amides is 1. The number of aliphatic hydroxyl groups excluding tert-OH is 1. The third-order valence-corrected chi connectivity index (χ3v) is 3.00. The lowest BCUT2D eigenvalue weighted by Gasteiger charge is -2.12. The monoisotopic (exact) mass is 304 g/mol. The van der Waals surface area contributed by atoms with Crippen LogP contribution in [0.1, 0.15) is 28.9 Å². The van der Waals surface area contributed by atoms with Crippen molar-refractivity contribution in [2.45, 2.75) is 13.0 Å². The van der Waals surface area contributed by atoms with Crippen molar-refractivity contribution < 1.29 is 19.0 Å². The van der Waals surface area contributed by atoms with Crippen LogP contribution in [0.5, 0.6) is 5.88 Å². The summed E-state index contributed by atoms with van der Waals surface area (Å²) in [6.07, 6.45) is 0.505. The van der Waals surface area contributed by atoms with Gasteiger partial charge in [0.2, 0.25) is 5.88 Å². The smallest absolute Gasteiger partial charge is 0.252 e. The molecule has 0 unspecified atom stereocenters. The van der Waals surface area contributed by atoms with Crippen molar-refractivity contribution in [1.29, 1.82) is 0 Å². The van der Waals surface area contributed by atoms with E-state index in [0.717, 1.165) is 0 Å². The molecule has 0 aliphatic carbocycles. The number of pyridine rings is 1. The van der Waals surface area contributed by atoms with Crippen molar-refractivity contribution in [3.05, 3.63) is 59.5 Å². The fraction of sp³-hybridized carbons (Fsp3) is 0.250. The molecule has 0 saturated carbocycles. The normalized spacial score (nSPS) is 11.8. The number of ether oxygens (including phenoxy) is 1. The average Bonchev–Trinajstić information content (AvgIpc) is 2.54. The molecule has 0 aliphatic rings. The molecule has 1 atom stereocenters. The van der Waals surface area contributed by atoms with Gasteiger partial charge in [-0.2, -0.15) is 0 Å². The third kappa shape index (κ3) is 4.26. The molecule has 2 N–H and O–H groups in total. The van der Waals surface area contributed by atoms with E-state index in [2.05, 4.69) is 10.3 Å². The van der Waals surface area contributed by atoms with E-state index < -0.39 is 6.10 Å². The van der Waals surface area contributed by atoms with Gasteiger partial charge in [0.1, 0.15) is 5.82 Å². The first-order valence-corrected chi connectivity index (χ1v) is 6.90. The number of benzene rings is 1. The number of halogens is 1.